The summed E-state index contributed by atoms with van der Waals surface area (Å²) in [6.07, 6.45) is 0. The molecule has 1 atom stereocenters. The number of nitrogens with zero attached hydrogens (tertiary/aromatic N) is 4. The summed E-state index contributed by atoms with van der Waals surface area (Å²) in [5.74, 6) is 2.73. The largest absolute Gasteiger partial charge is 0.493 e. The van der Waals surface area contributed by atoms with Crippen molar-refractivity contribution in [3.63, 3.8) is 0 Å². The van der Waals surface area contributed by atoms with Crippen molar-refractivity contribution < 1.29 is 14.2 Å². The van der Waals surface area contributed by atoms with E-state index in [9.17, 15) is 0 Å². The van der Waals surface area contributed by atoms with Crippen LogP contribution in [0.1, 0.15) is 27.8 Å². The minimum atomic E-state index is -0.0538. The van der Waals surface area contributed by atoms with Crippen LogP contribution in [0.5, 0.6) is 17.2 Å². The van der Waals surface area contributed by atoms with E-state index in [1.165, 1.54) is 5.56 Å². The van der Waals surface area contributed by atoms with Gasteiger partial charge < -0.3 is 14.2 Å². The van der Waals surface area contributed by atoms with Gasteiger partial charge in [-0.25, -0.2) is 0 Å². The smallest absolute Gasteiger partial charge is 0.213 e. The van der Waals surface area contributed by atoms with Gasteiger partial charge in [-0.3, -0.25) is 0 Å². The number of aromatic nitrogens is 3. The van der Waals surface area contributed by atoms with E-state index in [2.05, 4.69) is 22.3 Å². The molecule has 0 amide bonds. The number of hydrogen-bond donors (Lipinski definition) is 0. The molecular weight excluding hydrogens is 448 g/mol. The lowest BCUT2D eigenvalue weighted by Gasteiger charge is -2.24. The average Bonchev–Trinajstić information content (AvgIpc) is 3.29. The van der Waals surface area contributed by atoms with Crippen molar-refractivity contribution in [3.8, 4) is 17.2 Å². The molecule has 0 spiro atoms. The molecule has 0 saturated carbocycles. The number of benzene rings is 3. The van der Waals surface area contributed by atoms with Gasteiger partial charge in [0, 0.05) is 5.56 Å². The van der Waals surface area contributed by atoms with Crippen LogP contribution >= 0.6 is 11.8 Å². The highest BCUT2D eigenvalue weighted by molar-refractivity contribution is 8.00. The summed E-state index contributed by atoms with van der Waals surface area (Å²) in [4.78, 5) is 0. The Bertz CT molecular complexity index is 1320. The van der Waals surface area contributed by atoms with Crippen molar-refractivity contribution in [2.45, 2.75) is 23.9 Å². The molecule has 2 heterocycles. The summed E-state index contributed by atoms with van der Waals surface area (Å²) in [5, 5.41) is 14.4. The highest BCUT2D eigenvalue weighted by Gasteiger charge is 2.30. The minimum Gasteiger partial charge on any atom is -0.493 e. The average molecular weight is 473 g/mol. The lowest BCUT2D eigenvalue weighted by atomic mass is 10.0. The summed E-state index contributed by atoms with van der Waals surface area (Å²) in [7, 11) is 3.26. The van der Waals surface area contributed by atoms with Crippen LogP contribution in [0.15, 0.2) is 83.1 Å². The molecule has 7 nitrogen and oxygen atoms in total. The van der Waals surface area contributed by atoms with Crippen molar-refractivity contribution in [3.05, 3.63) is 95.3 Å². The zero-order valence-corrected chi connectivity index (χ0v) is 20.0. The Morgan fingerprint density at radius 2 is 1.65 bits per heavy atom. The molecule has 0 aliphatic carbocycles. The Balaban J connectivity index is 1.53. The molecule has 3 aromatic carbocycles. The third kappa shape index (κ3) is 4.36. The van der Waals surface area contributed by atoms with Crippen LogP contribution in [0.2, 0.25) is 0 Å². The molecule has 1 unspecified atom stereocenters. The Morgan fingerprint density at radius 1 is 0.882 bits per heavy atom. The molecule has 5 rings (SSSR count). The van der Waals surface area contributed by atoms with Crippen LogP contribution in [0.4, 0.5) is 0 Å². The summed E-state index contributed by atoms with van der Waals surface area (Å²) in [6, 6.07) is 24.0. The topological polar surface area (TPSA) is 70.8 Å². The van der Waals surface area contributed by atoms with Gasteiger partial charge in [0.15, 0.2) is 17.3 Å². The van der Waals surface area contributed by atoms with Crippen LogP contribution < -0.4 is 14.2 Å². The van der Waals surface area contributed by atoms with Gasteiger partial charge in [0.1, 0.15) is 12.4 Å². The van der Waals surface area contributed by atoms with Crippen molar-refractivity contribution in [1.29, 1.82) is 0 Å². The molecule has 1 aromatic heterocycles. The first-order chi connectivity index (χ1) is 16.7. The van der Waals surface area contributed by atoms with E-state index in [0.717, 1.165) is 27.7 Å². The van der Waals surface area contributed by atoms with Crippen LogP contribution in [0.25, 0.3) is 0 Å². The van der Waals surface area contributed by atoms with Gasteiger partial charge in [-0.05, 0) is 42.8 Å². The van der Waals surface area contributed by atoms with E-state index < -0.39 is 0 Å². The fraction of sp³-hybridized carbons (Fsp3) is 0.192. The van der Waals surface area contributed by atoms with E-state index in [1.54, 1.807) is 30.7 Å². The Morgan fingerprint density at radius 3 is 2.38 bits per heavy atom. The quantitative estimate of drug-likeness (QED) is 0.364. The van der Waals surface area contributed by atoms with Crippen molar-refractivity contribution in [1.82, 2.24) is 14.9 Å². The third-order valence-corrected chi connectivity index (χ3v) is 6.72. The molecule has 0 saturated heterocycles. The first-order valence-electron chi connectivity index (χ1n) is 10.8. The Hall–Kier alpha value is -3.78. The van der Waals surface area contributed by atoms with Gasteiger partial charge in [-0.1, -0.05) is 59.8 Å². The molecule has 1 aliphatic rings. The lowest BCUT2D eigenvalue weighted by molar-refractivity contribution is 0.289. The monoisotopic (exact) mass is 472 g/mol. The zero-order chi connectivity index (χ0) is 23.5. The molecular formula is C26H24N4O3S. The Labute approximate surface area is 202 Å². The van der Waals surface area contributed by atoms with Crippen LogP contribution in [-0.2, 0) is 6.61 Å². The fourth-order valence-electron chi connectivity index (χ4n) is 3.72. The molecule has 0 fully saturated rings. The molecule has 1 aliphatic heterocycles. The second-order valence-electron chi connectivity index (χ2n) is 7.78. The fourth-order valence-corrected chi connectivity index (χ4v) is 4.85. The number of ether oxygens (including phenoxy) is 3. The maximum absolute atomic E-state index is 5.95. The van der Waals surface area contributed by atoms with E-state index >= 15 is 0 Å². The molecule has 0 bridgehead atoms. The van der Waals surface area contributed by atoms with E-state index in [0.29, 0.717) is 17.3 Å². The number of aryl methyl sites for hydroxylation is 1. The van der Waals surface area contributed by atoms with Crippen molar-refractivity contribution in [2.24, 2.45) is 5.10 Å². The maximum Gasteiger partial charge on any atom is 0.213 e. The summed E-state index contributed by atoms with van der Waals surface area (Å²) >= 11 is 1.61. The molecule has 34 heavy (non-hydrogen) atoms. The van der Waals surface area contributed by atoms with Crippen molar-refractivity contribution in [2.75, 3.05) is 14.2 Å². The van der Waals surface area contributed by atoms with Gasteiger partial charge in [0.05, 0.1) is 25.2 Å². The first kappa shape index (κ1) is 22.0. The van der Waals surface area contributed by atoms with Gasteiger partial charge in [0.2, 0.25) is 5.16 Å². The number of hydrogen-bond acceptors (Lipinski definition) is 7. The second kappa shape index (κ2) is 9.61. The van der Waals surface area contributed by atoms with Crippen molar-refractivity contribution >= 4 is 17.5 Å². The Kier molecular flexibility index (Phi) is 6.22. The number of rotatable bonds is 7. The standard InChI is InChI=1S/C26H24N4O3S/c1-17-9-12-20(13-10-17)33-16-23-27-28-26-30(23)29-24(25(34-26)18-7-5-4-6-8-18)19-11-14-21(31-2)22(15-19)32-3/h4-15,25H,16H2,1-3H3. The number of fused-ring (bicyclic) bond motifs is 1. The molecule has 172 valence electrons. The van der Waals surface area contributed by atoms with Gasteiger partial charge in [-0.15, -0.1) is 10.2 Å². The van der Waals surface area contributed by atoms with Gasteiger partial charge in [-0.2, -0.15) is 9.78 Å². The van der Waals surface area contributed by atoms with E-state index in [4.69, 9.17) is 19.3 Å². The predicted molar refractivity (Wildman–Crippen MR) is 132 cm³/mol. The SMILES string of the molecule is COc1ccc(C2=Nn3c(COc4ccc(C)cc4)nnc3SC2c2ccccc2)cc1OC. The molecule has 0 radical (unpaired) electrons. The van der Waals surface area contributed by atoms with E-state index in [1.807, 2.05) is 67.6 Å². The van der Waals surface area contributed by atoms with Gasteiger partial charge >= 0.3 is 0 Å². The molecule has 4 aromatic rings. The summed E-state index contributed by atoms with van der Waals surface area (Å²) in [5.41, 5.74) is 4.12. The highest BCUT2D eigenvalue weighted by atomic mass is 32.2. The highest BCUT2D eigenvalue weighted by Crippen LogP contribution is 2.42. The normalized spacial score (nSPS) is 14.8. The summed E-state index contributed by atoms with van der Waals surface area (Å²) in [6.45, 7) is 2.30. The van der Waals surface area contributed by atoms with Crippen LogP contribution in [0, 0.1) is 6.92 Å². The third-order valence-electron chi connectivity index (χ3n) is 5.53. The minimum absolute atomic E-state index is 0.0538. The number of methoxy groups -OCH3 is 2. The molecule has 8 heteroatoms. The molecule has 0 N–H and O–H groups in total. The van der Waals surface area contributed by atoms with Crippen LogP contribution in [-0.4, -0.2) is 34.8 Å². The summed E-state index contributed by atoms with van der Waals surface area (Å²) < 4.78 is 18.7. The predicted octanol–water partition coefficient (Wildman–Crippen LogP) is 5.28. The zero-order valence-electron chi connectivity index (χ0n) is 19.1. The van der Waals surface area contributed by atoms with Crippen LogP contribution in [0.3, 0.4) is 0 Å². The second-order valence-corrected chi connectivity index (χ2v) is 8.85. The first-order valence-corrected chi connectivity index (χ1v) is 11.7. The lowest BCUT2D eigenvalue weighted by Crippen LogP contribution is -2.19. The number of thioether (sulfide) groups is 1. The van der Waals surface area contributed by atoms with E-state index in [-0.39, 0.29) is 11.9 Å². The maximum atomic E-state index is 5.95. The van der Waals surface area contributed by atoms with Gasteiger partial charge in [0.25, 0.3) is 0 Å².